The average Bonchev–Trinajstić information content (AvgIpc) is 2.77. The van der Waals surface area contributed by atoms with Crippen molar-refractivity contribution < 1.29 is 13.2 Å². The Kier molecular flexibility index (Phi) is 3.99. The standard InChI is InChI=1S/C16H22N2O3S/c1-11-3-4-12-8-18(2)9-15(14(12)7-11)16(19)17-13-5-6-22(20,21)10-13/h3-4,7,13,15H,5-6,8-10H2,1-2H3,(H,17,19). The zero-order valence-corrected chi connectivity index (χ0v) is 13.8. The Morgan fingerprint density at radius 1 is 1.36 bits per heavy atom. The summed E-state index contributed by atoms with van der Waals surface area (Å²) in [5.74, 6) is -0.0300. The minimum atomic E-state index is -2.97. The van der Waals surface area contributed by atoms with Crippen LogP contribution >= 0.6 is 0 Å². The number of aryl methyl sites for hydroxylation is 1. The summed E-state index contributed by atoms with van der Waals surface area (Å²) in [4.78, 5) is 14.8. The molecule has 1 aromatic rings. The second-order valence-corrected chi connectivity index (χ2v) is 8.79. The Morgan fingerprint density at radius 2 is 2.14 bits per heavy atom. The van der Waals surface area contributed by atoms with Crippen LogP contribution in [0.3, 0.4) is 0 Å². The van der Waals surface area contributed by atoms with Gasteiger partial charge in [-0.15, -0.1) is 0 Å². The molecule has 6 heteroatoms. The van der Waals surface area contributed by atoms with Crippen LogP contribution in [-0.4, -0.2) is 50.4 Å². The van der Waals surface area contributed by atoms with E-state index in [0.717, 1.165) is 17.7 Å². The van der Waals surface area contributed by atoms with E-state index in [1.54, 1.807) is 0 Å². The third-order valence-corrected chi connectivity index (χ3v) is 6.27. The minimum Gasteiger partial charge on any atom is -0.352 e. The number of likely N-dealkylation sites (N-methyl/N-ethyl adjacent to an activating group) is 1. The van der Waals surface area contributed by atoms with Gasteiger partial charge in [0.05, 0.1) is 17.4 Å². The van der Waals surface area contributed by atoms with Crippen molar-refractivity contribution in [2.24, 2.45) is 0 Å². The van der Waals surface area contributed by atoms with Gasteiger partial charge in [0.2, 0.25) is 5.91 Å². The Labute approximate surface area is 131 Å². The number of carbonyl (C=O) groups is 1. The van der Waals surface area contributed by atoms with E-state index in [1.807, 2.05) is 14.0 Å². The highest BCUT2D eigenvalue weighted by atomic mass is 32.2. The van der Waals surface area contributed by atoms with Crippen LogP contribution in [0.5, 0.6) is 0 Å². The third-order valence-electron chi connectivity index (χ3n) is 4.51. The topological polar surface area (TPSA) is 66.5 Å². The molecule has 0 spiro atoms. The van der Waals surface area contributed by atoms with Gasteiger partial charge in [0.1, 0.15) is 0 Å². The van der Waals surface area contributed by atoms with Crippen LogP contribution in [0, 0.1) is 6.92 Å². The van der Waals surface area contributed by atoms with Crippen LogP contribution < -0.4 is 5.32 Å². The Morgan fingerprint density at radius 3 is 2.82 bits per heavy atom. The van der Waals surface area contributed by atoms with Crippen LogP contribution in [0.25, 0.3) is 0 Å². The molecule has 1 amide bonds. The number of rotatable bonds is 2. The maximum absolute atomic E-state index is 12.7. The van der Waals surface area contributed by atoms with Crippen molar-refractivity contribution in [1.82, 2.24) is 10.2 Å². The molecule has 1 fully saturated rings. The summed E-state index contributed by atoms with van der Waals surface area (Å²) in [5.41, 5.74) is 3.40. The first kappa shape index (κ1) is 15.5. The Balaban J connectivity index is 1.80. The highest BCUT2D eigenvalue weighted by Gasteiger charge is 2.33. The number of hydrogen-bond acceptors (Lipinski definition) is 4. The van der Waals surface area contributed by atoms with Gasteiger partial charge >= 0.3 is 0 Å². The van der Waals surface area contributed by atoms with Gasteiger partial charge in [0.15, 0.2) is 9.84 Å². The molecule has 0 bridgehead atoms. The van der Waals surface area contributed by atoms with Crippen LogP contribution in [0.15, 0.2) is 18.2 Å². The van der Waals surface area contributed by atoms with E-state index in [2.05, 4.69) is 28.4 Å². The van der Waals surface area contributed by atoms with Crippen molar-refractivity contribution in [3.63, 3.8) is 0 Å². The highest BCUT2D eigenvalue weighted by Crippen LogP contribution is 2.29. The molecule has 0 aromatic heterocycles. The first-order valence-corrected chi connectivity index (χ1v) is 9.45. The number of sulfone groups is 1. The number of fused-ring (bicyclic) bond motifs is 1. The number of amides is 1. The molecule has 0 radical (unpaired) electrons. The molecule has 1 saturated heterocycles. The molecule has 1 aromatic carbocycles. The van der Waals surface area contributed by atoms with E-state index in [-0.39, 0.29) is 29.4 Å². The SMILES string of the molecule is Cc1ccc2c(c1)C(C(=O)NC1CCS(=O)(=O)C1)CN(C)C2. The van der Waals surface area contributed by atoms with Crippen molar-refractivity contribution in [2.75, 3.05) is 25.1 Å². The predicted octanol–water partition coefficient (Wildman–Crippen LogP) is 0.827. The lowest BCUT2D eigenvalue weighted by Gasteiger charge is -2.32. The van der Waals surface area contributed by atoms with Crippen molar-refractivity contribution in [3.05, 3.63) is 34.9 Å². The smallest absolute Gasteiger partial charge is 0.229 e. The van der Waals surface area contributed by atoms with Gasteiger partial charge in [-0.2, -0.15) is 0 Å². The Bertz CT molecular complexity index is 699. The van der Waals surface area contributed by atoms with Crippen molar-refractivity contribution in [2.45, 2.75) is 31.8 Å². The monoisotopic (exact) mass is 322 g/mol. The molecule has 0 saturated carbocycles. The first-order chi connectivity index (χ1) is 10.3. The van der Waals surface area contributed by atoms with Gasteiger partial charge in [-0.3, -0.25) is 4.79 Å². The largest absolute Gasteiger partial charge is 0.352 e. The van der Waals surface area contributed by atoms with E-state index in [4.69, 9.17) is 0 Å². The number of nitrogens with one attached hydrogen (secondary N) is 1. The van der Waals surface area contributed by atoms with Gasteiger partial charge < -0.3 is 10.2 Å². The molecular weight excluding hydrogens is 300 g/mol. The van der Waals surface area contributed by atoms with Crippen molar-refractivity contribution in [1.29, 1.82) is 0 Å². The van der Waals surface area contributed by atoms with E-state index in [1.165, 1.54) is 5.56 Å². The summed E-state index contributed by atoms with van der Waals surface area (Å²) < 4.78 is 23.1. The maximum Gasteiger partial charge on any atom is 0.229 e. The van der Waals surface area contributed by atoms with Crippen molar-refractivity contribution >= 4 is 15.7 Å². The minimum absolute atomic E-state index is 0.0551. The fourth-order valence-electron chi connectivity index (χ4n) is 3.38. The summed E-state index contributed by atoms with van der Waals surface area (Å²) in [6.07, 6.45) is 0.525. The fourth-order valence-corrected chi connectivity index (χ4v) is 5.06. The third kappa shape index (κ3) is 3.17. The van der Waals surface area contributed by atoms with Gasteiger partial charge in [-0.25, -0.2) is 8.42 Å². The number of carbonyl (C=O) groups excluding carboxylic acids is 1. The molecule has 5 nitrogen and oxygen atoms in total. The van der Waals surface area contributed by atoms with E-state index < -0.39 is 9.84 Å². The van der Waals surface area contributed by atoms with Crippen LogP contribution in [0.1, 0.15) is 29.0 Å². The summed E-state index contributed by atoms with van der Waals surface area (Å²) in [5, 5.41) is 2.94. The fraction of sp³-hybridized carbons (Fsp3) is 0.562. The van der Waals surface area contributed by atoms with Crippen molar-refractivity contribution in [3.8, 4) is 0 Å². The van der Waals surface area contributed by atoms with Crippen LogP contribution in [-0.2, 0) is 21.2 Å². The van der Waals surface area contributed by atoms with Gasteiger partial charge in [-0.05, 0) is 31.5 Å². The van der Waals surface area contributed by atoms with Gasteiger partial charge in [0.25, 0.3) is 0 Å². The molecule has 0 aliphatic carbocycles. The van der Waals surface area contributed by atoms with E-state index in [0.29, 0.717) is 13.0 Å². The summed E-state index contributed by atoms with van der Waals surface area (Å²) in [6.45, 7) is 3.54. The molecule has 2 heterocycles. The molecule has 2 unspecified atom stereocenters. The van der Waals surface area contributed by atoms with E-state index >= 15 is 0 Å². The van der Waals surface area contributed by atoms with E-state index in [9.17, 15) is 13.2 Å². The zero-order chi connectivity index (χ0) is 15.9. The normalized spacial score (nSPS) is 27.4. The summed E-state index contributed by atoms with van der Waals surface area (Å²) >= 11 is 0. The Hall–Kier alpha value is -1.40. The molecule has 2 atom stereocenters. The molecular formula is C16H22N2O3S. The predicted molar refractivity (Wildman–Crippen MR) is 85.5 cm³/mol. The van der Waals surface area contributed by atoms with Gasteiger partial charge in [-0.1, -0.05) is 23.8 Å². The van der Waals surface area contributed by atoms with Gasteiger partial charge in [0, 0.05) is 19.1 Å². The number of nitrogens with zero attached hydrogens (tertiary/aromatic N) is 1. The highest BCUT2D eigenvalue weighted by molar-refractivity contribution is 7.91. The summed E-state index contributed by atoms with van der Waals surface area (Å²) in [6, 6.07) is 5.99. The molecule has 2 aliphatic rings. The zero-order valence-electron chi connectivity index (χ0n) is 13.0. The van der Waals surface area contributed by atoms with Crippen LogP contribution in [0.4, 0.5) is 0 Å². The molecule has 1 N–H and O–H groups in total. The average molecular weight is 322 g/mol. The van der Waals surface area contributed by atoms with Crippen LogP contribution in [0.2, 0.25) is 0 Å². The number of hydrogen-bond donors (Lipinski definition) is 1. The molecule has 2 aliphatic heterocycles. The lowest BCUT2D eigenvalue weighted by Crippen LogP contribution is -2.44. The molecule has 120 valence electrons. The second kappa shape index (κ2) is 5.66. The lowest BCUT2D eigenvalue weighted by molar-refractivity contribution is -0.123. The quantitative estimate of drug-likeness (QED) is 0.876. The molecule has 3 rings (SSSR count). The maximum atomic E-state index is 12.7. The number of benzene rings is 1. The molecule has 22 heavy (non-hydrogen) atoms. The second-order valence-electron chi connectivity index (χ2n) is 6.56. The lowest BCUT2D eigenvalue weighted by atomic mass is 9.88. The summed E-state index contributed by atoms with van der Waals surface area (Å²) in [7, 11) is -0.972. The first-order valence-electron chi connectivity index (χ1n) is 7.63.